The molecule has 3 atom stereocenters. The Labute approximate surface area is 182 Å². The molecule has 2 aromatic rings. The van der Waals surface area contributed by atoms with Gasteiger partial charge in [-0.15, -0.1) is 0 Å². The number of hydrogen-bond donors (Lipinski definition) is 0. The third-order valence-corrected chi connectivity index (χ3v) is 4.62. The number of hydrogen-bond acceptors (Lipinski definition) is 7. The summed E-state index contributed by atoms with van der Waals surface area (Å²) in [5.41, 5.74) is 0.0119. The van der Waals surface area contributed by atoms with Crippen LogP contribution in [0.5, 0.6) is 11.5 Å². The molecule has 7 nitrogen and oxygen atoms in total. The van der Waals surface area contributed by atoms with E-state index in [2.05, 4.69) is 4.98 Å². The van der Waals surface area contributed by atoms with E-state index in [0.29, 0.717) is 5.75 Å². The third kappa shape index (κ3) is 7.20. The van der Waals surface area contributed by atoms with Gasteiger partial charge in [-0.1, -0.05) is 39.0 Å². The first kappa shape index (κ1) is 24.1. The monoisotopic (exact) mass is 427 g/mol. The highest BCUT2D eigenvalue weighted by Crippen LogP contribution is 2.22. The molecule has 7 heteroatoms. The zero-order chi connectivity index (χ0) is 23.0. The van der Waals surface area contributed by atoms with Crippen molar-refractivity contribution < 1.29 is 28.6 Å². The van der Waals surface area contributed by atoms with Crippen LogP contribution in [0.15, 0.2) is 48.7 Å². The largest absolute Gasteiger partial charge is 0.486 e. The van der Waals surface area contributed by atoms with Crippen LogP contribution >= 0.6 is 0 Å². The van der Waals surface area contributed by atoms with E-state index in [1.807, 2.05) is 44.2 Å². The maximum absolute atomic E-state index is 12.6. The summed E-state index contributed by atoms with van der Waals surface area (Å²) in [5.74, 6) is -1.30. The molecule has 1 heterocycles. The highest BCUT2D eigenvalue weighted by molar-refractivity contribution is 5.99. The molecular formula is C24H29NO6. The summed E-state index contributed by atoms with van der Waals surface area (Å²) < 4.78 is 16.7. The molecule has 0 saturated carbocycles. The quantitative estimate of drug-likeness (QED) is 0.413. The molecular weight excluding hydrogens is 398 g/mol. The predicted molar refractivity (Wildman–Crippen MR) is 115 cm³/mol. The molecule has 0 saturated heterocycles. The maximum Gasteiger partial charge on any atom is 0.309 e. The molecule has 0 bridgehead atoms. The molecule has 1 aromatic heterocycles. The Balaban J connectivity index is 2.01. The number of benzene rings is 1. The summed E-state index contributed by atoms with van der Waals surface area (Å²) in [4.78, 5) is 40.5. The number of ether oxygens (including phenoxy) is 3. The Bertz CT molecular complexity index is 896. The zero-order valence-corrected chi connectivity index (χ0v) is 18.5. The van der Waals surface area contributed by atoms with Crippen LogP contribution < -0.4 is 9.47 Å². The fraction of sp³-hybridized carbons (Fsp3) is 0.417. The molecule has 31 heavy (non-hydrogen) atoms. The number of aromatic nitrogens is 1. The summed E-state index contributed by atoms with van der Waals surface area (Å²) in [6.07, 6.45) is 0.444. The summed E-state index contributed by atoms with van der Waals surface area (Å²) in [6.45, 7) is 8.61. The highest BCUT2D eigenvalue weighted by atomic mass is 16.6. The number of esters is 2. The van der Waals surface area contributed by atoms with Crippen LogP contribution in [0.1, 0.15) is 51.5 Å². The fourth-order valence-corrected chi connectivity index (χ4v) is 3.09. The lowest BCUT2D eigenvalue weighted by molar-refractivity contribution is -0.158. The number of Topliss-reactive ketones (excluding diaryl/α,β-unsaturated/α-hetero) is 1. The van der Waals surface area contributed by atoms with Gasteiger partial charge in [0, 0.05) is 19.5 Å². The van der Waals surface area contributed by atoms with Crippen molar-refractivity contribution in [1.82, 2.24) is 4.98 Å². The van der Waals surface area contributed by atoms with Crippen LogP contribution in [0.25, 0.3) is 0 Å². The topological polar surface area (TPSA) is 91.8 Å². The second-order valence-electron chi connectivity index (χ2n) is 7.75. The van der Waals surface area contributed by atoms with E-state index in [4.69, 9.17) is 14.2 Å². The molecule has 0 fully saturated rings. The van der Waals surface area contributed by atoms with E-state index in [-0.39, 0.29) is 29.9 Å². The van der Waals surface area contributed by atoms with Crippen LogP contribution in [0.2, 0.25) is 0 Å². The first-order chi connectivity index (χ1) is 14.7. The van der Waals surface area contributed by atoms with Crippen LogP contribution in [0, 0.1) is 11.8 Å². The number of nitrogens with zero attached hydrogens (tertiary/aromatic N) is 1. The Kier molecular flexibility index (Phi) is 8.73. The number of carbonyl (C=O) groups is 3. The molecule has 2 rings (SSSR count). The van der Waals surface area contributed by atoms with Crippen molar-refractivity contribution in [3.05, 3.63) is 54.4 Å². The third-order valence-electron chi connectivity index (χ3n) is 4.62. The molecule has 0 N–H and O–H groups in total. The number of rotatable bonds is 10. The van der Waals surface area contributed by atoms with Crippen molar-refractivity contribution in [3.63, 3.8) is 0 Å². The fourth-order valence-electron chi connectivity index (χ4n) is 3.09. The predicted octanol–water partition coefficient (Wildman–Crippen LogP) is 4.25. The van der Waals surface area contributed by atoms with E-state index in [1.54, 1.807) is 19.9 Å². The molecule has 1 aromatic carbocycles. The normalized spacial score (nSPS) is 13.7. The van der Waals surface area contributed by atoms with E-state index < -0.39 is 29.7 Å². The second-order valence-corrected chi connectivity index (χ2v) is 7.75. The van der Waals surface area contributed by atoms with Gasteiger partial charge in [0.2, 0.25) is 0 Å². The number of carbonyl (C=O) groups excluding carboxylic acids is 3. The van der Waals surface area contributed by atoms with Crippen LogP contribution in [0.4, 0.5) is 0 Å². The van der Waals surface area contributed by atoms with Gasteiger partial charge in [0.25, 0.3) is 0 Å². The number of pyridine rings is 1. The van der Waals surface area contributed by atoms with E-state index in [0.717, 1.165) is 0 Å². The molecule has 0 amide bonds. The average Bonchev–Trinajstić information content (AvgIpc) is 2.72. The van der Waals surface area contributed by atoms with E-state index in [9.17, 15) is 14.4 Å². The Morgan fingerprint density at radius 2 is 1.65 bits per heavy atom. The van der Waals surface area contributed by atoms with E-state index in [1.165, 1.54) is 19.2 Å². The van der Waals surface area contributed by atoms with Gasteiger partial charge in [0.05, 0.1) is 5.92 Å². The zero-order valence-electron chi connectivity index (χ0n) is 18.5. The van der Waals surface area contributed by atoms with Crippen LogP contribution in [-0.4, -0.2) is 34.9 Å². The number of para-hydroxylation sites is 1. The summed E-state index contributed by atoms with van der Waals surface area (Å²) in [6, 6.07) is 12.4. The van der Waals surface area contributed by atoms with Gasteiger partial charge in [-0.25, -0.2) is 4.98 Å². The average molecular weight is 427 g/mol. The Morgan fingerprint density at radius 1 is 0.968 bits per heavy atom. The van der Waals surface area contributed by atoms with Gasteiger partial charge < -0.3 is 14.2 Å². The van der Waals surface area contributed by atoms with Gasteiger partial charge >= 0.3 is 11.9 Å². The van der Waals surface area contributed by atoms with Gasteiger partial charge in [-0.05, 0) is 37.1 Å². The molecule has 0 unspecified atom stereocenters. The summed E-state index contributed by atoms with van der Waals surface area (Å²) >= 11 is 0. The standard InChI is InChI=1S/C24H29NO6/c1-15(2)23(31-19-10-7-6-8-11-19)17(4)29-24(28)16(3)14-20(27)22-21(30-18(5)26)12-9-13-25-22/h6-13,15-17,23H,14H2,1-5H3/t16-,17+,23-/m1/s1. The van der Waals surface area contributed by atoms with Crippen LogP contribution in [0.3, 0.4) is 0 Å². The molecule has 0 aliphatic rings. The minimum atomic E-state index is -0.702. The highest BCUT2D eigenvalue weighted by Gasteiger charge is 2.29. The minimum Gasteiger partial charge on any atom is -0.486 e. The van der Waals surface area contributed by atoms with Gasteiger partial charge in [-0.2, -0.15) is 0 Å². The van der Waals surface area contributed by atoms with Crippen molar-refractivity contribution in [2.24, 2.45) is 11.8 Å². The Morgan fingerprint density at radius 3 is 2.26 bits per heavy atom. The molecule has 0 aliphatic heterocycles. The van der Waals surface area contributed by atoms with Crippen molar-refractivity contribution in [2.45, 2.75) is 53.2 Å². The second kappa shape index (κ2) is 11.2. The van der Waals surface area contributed by atoms with Crippen LogP contribution in [-0.2, 0) is 14.3 Å². The van der Waals surface area contributed by atoms with Crippen molar-refractivity contribution in [3.8, 4) is 11.5 Å². The first-order valence-corrected chi connectivity index (χ1v) is 10.3. The van der Waals surface area contributed by atoms with Gasteiger partial charge in [-0.3, -0.25) is 14.4 Å². The molecule has 0 spiro atoms. The van der Waals surface area contributed by atoms with Crippen molar-refractivity contribution in [2.75, 3.05) is 0 Å². The van der Waals surface area contributed by atoms with Crippen molar-refractivity contribution in [1.29, 1.82) is 0 Å². The molecule has 166 valence electrons. The minimum absolute atomic E-state index is 0.0119. The lowest BCUT2D eigenvalue weighted by Gasteiger charge is -2.29. The SMILES string of the molecule is CC(=O)Oc1cccnc1C(=O)C[C@@H](C)C(=O)O[C@@H](C)[C@H](Oc1ccccc1)C(C)C. The van der Waals surface area contributed by atoms with Gasteiger partial charge in [0.1, 0.15) is 23.7 Å². The summed E-state index contributed by atoms with van der Waals surface area (Å²) in [7, 11) is 0. The number of ketones is 1. The lowest BCUT2D eigenvalue weighted by atomic mass is 10.0. The Hall–Kier alpha value is -3.22. The van der Waals surface area contributed by atoms with Gasteiger partial charge in [0.15, 0.2) is 11.5 Å². The smallest absolute Gasteiger partial charge is 0.309 e. The summed E-state index contributed by atoms with van der Waals surface area (Å²) in [5, 5.41) is 0. The lowest BCUT2D eigenvalue weighted by Crippen LogP contribution is -2.38. The first-order valence-electron chi connectivity index (χ1n) is 10.3. The van der Waals surface area contributed by atoms with Crippen molar-refractivity contribution >= 4 is 17.7 Å². The molecule has 0 aliphatic carbocycles. The molecule has 0 radical (unpaired) electrons. The van der Waals surface area contributed by atoms with E-state index >= 15 is 0 Å². The maximum atomic E-state index is 12.6.